The van der Waals surface area contributed by atoms with Crippen LogP contribution in [0.2, 0.25) is 0 Å². The van der Waals surface area contributed by atoms with Crippen LogP contribution in [0.3, 0.4) is 0 Å². The molecule has 1 saturated heterocycles. The maximum Gasteiger partial charge on any atom is 0.161 e. The molecule has 11 rings (SSSR count). The molecule has 1 aromatic heterocycles. The van der Waals surface area contributed by atoms with Crippen LogP contribution in [0.25, 0.3) is 16.6 Å². The molecule has 6 aliphatic rings. The molecule has 1 saturated carbocycles. The summed E-state index contributed by atoms with van der Waals surface area (Å²) in [4.78, 5) is 0. The molecule has 69 heavy (non-hydrogen) atoms. The van der Waals surface area contributed by atoms with Gasteiger partial charge in [-0.25, -0.2) is 0 Å². The van der Waals surface area contributed by atoms with Crippen molar-refractivity contribution in [2.24, 2.45) is 17.6 Å². The second kappa shape index (κ2) is 19.3. The Kier molecular flexibility index (Phi) is 12.9. The first-order valence-electron chi connectivity index (χ1n) is 25.7. The maximum atomic E-state index is 11.7. The van der Waals surface area contributed by atoms with E-state index in [2.05, 4.69) is 70.5 Å². The summed E-state index contributed by atoms with van der Waals surface area (Å²) in [6.07, 6.45) is 19.4. The Labute approximate surface area is 406 Å². The number of hydrogen-bond donors (Lipinski definition) is 6. The minimum absolute atomic E-state index is 0.0257. The van der Waals surface area contributed by atoms with Crippen LogP contribution in [-0.4, -0.2) is 62.2 Å². The zero-order chi connectivity index (χ0) is 47.1. The molecule has 4 aliphatic heterocycles. The molecule has 4 aromatic carbocycles. The summed E-state index contributed by atoms with van der Waals surface area (Å²) >= 11 is 0. The van der Waals surface area contributed by atoms with Gasteiger partial charge in [0.15, 0.2) is 11.5 Å². The molecule has 7 N–H and O–H groups in total. The number of nitrogens with zero attached hydrogens (tertiary/aromatic N) is 1. The van der Waals surface area contributed by atoms with Gasteiger partial charge in [-0.15, -0.1) is 0 Å². The number of aromatic nitrogens is 1. The van der Waals surface area contributed by atoms with Crippen LogP contribution in [0, 0.1) is 23.7 Å². The van der Waals surface area contributed by atoms with E-state index in [0.29, 0.717) is 43.1 Å². The molecule has 6 bridgehead atoms. The number of phenolic OH excluding ortho intramolecular Hbond substituents is 2. The summed E-state index contributed by atoms with van der Waals surface area (Å²) in [6, 6.07) is 24.8. The molecule has 2 aliphatic carbocycles. The third-order valence-electron chi connectivity index (χ3n) is 16.7. The summed E-state index contributed by atoms with van der Waals surface area (Å²) in [6.45, 7) is 0.933. The predicted octanol–water partition coefficient (Wildman–Crippen LogP) is 9.60. The van der Waals surface area contributed by atoms with Crippen LogP contribution in [-0.2, 0) is 47.4 Å². The van der Waals surface area contributed by atoms with Crippen molar-refractivity contribution in [3.05, 3.63) is 141 Å². The van der Waals surface area contributed by atoms with Crippen molar-refractivity contribution in [2.45, 2.75) is 145 Å². The highest BCUT2D eigenvalue weighted by molar-refractivity contribution is 5.88. The lowest BCUT2D eigenvalue weighted by Gasteiger charge is -2.59. The van der Waals surface area contributed by atoms with Gasteiger partial charge in [0.2, 0.25) is 0 Å². The Morgan fingerprint density at radius 2 is 1.68 bits per heavy atom. The minimum atomic E-state index is -0.666. The van der Waals surface area contributed by atoms with Crippen molar-refractivity contribution in [1.82, 2.24) is 9.88 Å². The SMILES string of the molecule is NC1C=C2C#CC(CCc3ccc(O)cc3)CCCC3CC(O)CCc4cc(c(O)cc4CO)OCc4cc(C56CCOC7(CCCCC7)C5CCc5ccccc56)cc5cn(cc45)C(=C2CO3)N1. The first-order chi connectivity index (χ1) is 33.7. The van der Waals surface area contributed by atoms with E-state index in [0.717, 1.165) is 109 Å². The molecule has 6 unspecified atom stereocenters. The van der Waals surface area contributed by atoms with Crippen LogP contribution in [0.5, 0.6) is 17.2 Å². The van der Waals surface area contributed by atoms with Crippen molar-refractivity contribution in [3.63, 3.8) is 0 Å². The van der Waals surface area contributed by atoms with Crippen molar-refractivity contribution >= 4 is 16.6 Å². The number of aromatic hydroxyl groups is 2. The molecular formula is C59H67N3O7. The number of aryl methyl sites for hydroxylation is 3. The van der Waals surface area contributed by atoms with Crippen LogP contribution < -0.4 is 15.8 Å². The smallest absolute Gasteiger partial charge is 0.161 e. The summed E-state index contributed by atoms with van der Waals surface area (Å²) in [7, 11) is 0. The number of phenols is 2. The fourth-order valence-electron chi connectivity index (χ4n) is 13.2. The number of nitrogens with one attached hydrogen (secondary N) is 1. The molecule has 10 heteroatoms. The van der Waals surface area contributed by atoms with E-state index in [1.54, 1.807) is 18.2 Å². The molecule has 1 spiro atoms. The summed E-state index contributed by atoms with van der Waals surface area (Å²) in [5.74, 6) is 9.12. The summed E-state index contributed by atoms with van der Waals surface area (Å²) in [5.41, 5.74) is 15.9. The van der Waals surface area contributed by atoms with E-state index in [1.807, 2.05) is 24.3 Å². The molecule has 6 atom stereocenters. The average Bonchev–Trinajstić information content (AvgIpc) is 3.79. The van der Waals surface area contributed by atoms with E-state index < -0.39 is 12.3 Å². The Morgan fingerprint density at radius 1 is 0.841 bits per heavy atom. The molecule has 0 radical (unpaired) electrons. The van der Waals surface area contributed by atoms with Gasteiger partial charge in [0, 0.05) is 58.2 Å². The first-order valence-corrected chi connectivity index (χ1v) is 25.7. The van der Waals surface area contributed by atoms with Gasteiger partial charge in [-0.2, -0.15) is 0 Å². The fourth-order valence-corrected chi connectivity index (χ4v) is 13.2. The van der Waals surface area contributed by atoms with Crippen molar-refractivity contribution in [1.29, 1.82) is 0 Å². The summed E-state index contributed by atoms with van der Waals surface area (Å²) < 4.78 is 22.8. The van der Waals surface area contributed by atoms with E-state index in [1.165, 1.54) is 36.0 Å². The van der Waals surface area contributed by atoms with Gasteiger partial charge < -0.3 is 50.3 Å². The number of benzene rings is 4. The number of rotatable bonds is 5. The lowest BCUT2D eigenvalue weighted by atomic mass is 9.51. The normalized spacial score (nSPS) is 26.8. The van der Waals surface area contributed by atoms with Crippen molar-refractivity contribution in [3.8, 4) is 29.1 Å². The van der Waals surface area contributed by atoms with Crippen LogP contribution in [0.1, 0.15) is 122 Å². The Balaban J connectivity index is 1.07. The standard InChI is InChI=1S/C59H67N3O7/c60-56-31-42-16-13-38(11-12-39-14-19-47(64)20-15-39)7-6-9-49-32-48(65)21-17-41-30-54(53(66)29-44(41)35-63)68-36-45-28-46(27-43-33-62(34-50(43)45)57(61-56)51(42)37-67-49)59-25-26-69-58(23-4-1-5-24-58)55(59)22-18-40-8-2-3-10-52(40)59/h2-3,8,10,14-15,19-20,27-31,33-34,38,48-49,55-56,61,63-66H,1,4-7,9,11-12,17-18,21-26,32,35-37,60H2. The van der Waals surface area contributed by atoms with Crippen LogP contribution >= 0.6 is 0 Å². The number of ether oxygens (including phenoxy) is 3. The monoisotopic (exact) mass is 929 g/mol. The highest BCUT2D eigenvalue weighted by Gasteiger charge is 2.58. The van der Waals surface area contributed by atoms with Crippen molar-refractivity contribution in [2.75, 3.05) is 13.2 Å². The maximum absolute atomic E-state index is 11.7. The molecule has 10 nitrogen and oxygen atoms in total. The van der Waals surface area contributed by atoms with Gasteiger partial charge in [0.1, 0.15) is 18.2 Å². The zero-order valence-corrected chi connectivity index (χ0v) is 39.7. The van der Waals surface area contributed by atoms with Crippen LogP contribution in [0.4, 0.5) is 0 Å². The topological polar surface area (TPSA) is 152 Å². The van der Waals surface area contributed by atoms with E-state index in [9.17, 15) is 20.4 Å². The third kappa shape index (κ3) is 8.98. The molecule has 5 heterocycles. The molecule has 360 valence electrons. The highest BCUT2D eigenvalue weighted by Crippen LogP contribution is 2.59. The third-order valence-corrected chi connectivity index (χ3v) is 16.7. The predicted molar refractivity (Wildman–Crippen MR) is 268 cm³/mol. The van der Waals surface area contributed by atoms with Gasteiger partial charge in [-0.3, -0.25) is 0 Å². The minimum Gasteiger partial charge on any atom is -0.508 e. The van der Waals surface area contributed by atoms with E-state index >= 15 is 0 Å². The second-order valence-corrected chi connectivity index (χ2v) is 20.8. The van der Waals surface area contributed by atoms with E-state index in [4.69, 9.17) is 19.9 Å². The highest BCUT2D eigenvalue weighted by atomic mass is 16.5. The first kappa shape index (κ1) is 45.9. The van der Waals surface area contributed by atoms with Crippen molar-refractivity contribution < 1.29 is 34.6 Å². The molecular weight excluding hydrogens is 863 g/mol. The second-order valence-electron chi connectivity index (χ2n) is 20.8. The quantitative estimate of drug-likeness (QED) is 0.0948. The number of aliphatic hydroxyl groups excluding tert-OH is 2. The van der Waals surface area contributed by atoms with Gasteiger partial charge in [0.05, 0.1) is 37.2 Å². The summed E-state index contributed by atoms with van der Waals surface area (Å²) in [5, 5.41) is 49.2. The number of aliphatic hydroxyl groups is 2. The van der Waals surface area contributed by atoms with Crippen LogP contribution in [0.15, 0.2) is 102 Å². The number of nitrogens with two attached hydrogens (primary N) is 1. The Hall–Kier alpha value is -5.54. The number of hydrogen-bond acceptors (Lipinski definition) is 9. The van der Waals surface area contributed by atoms with E-state index in [-0.39, 0.29) is 54.4 Å². The largest absolute Gasteiger partial charge is 0.508 e. The van der Waals surface area contributed by atoms with Gasteiger partial charge in [-0.05, 0) is 159 Å². The number of dihydropyridines is 1. The Morgan fingerprint density at radius 3 is 2.54 bits per heavy atom. The fraction of sp³-hybridized carbons (Fsp3) is 0.458. The average molecular weight is 930 g/mol. The lowest BCUT2D eigenvalue weighted by molar-refractivity contribution is -0.166. The zero-order valence-electron chi connectivity index (χ0n) is 39.7. The lowest BCUT2D eigenvalue weighted by Crippen LogP contribution is -2.59. The molecule has 2 fully saturated rings. The number of fused-ring (bicyclic) bond motifs is 10. The Bertz CT molecular complexity index is 2820. The molecule has 0 amide bonds. The van der Waals surface area contributed by atoms with Gasteiger partial charge >= 0.3 is 0 Å². The molecule has 5 aromatic rings. The van der Waals surface area contributed by atoms with Gasteiger partial charge in [0.25, 0.3) is 0 Å². The van der Waals surface area contributed by atoms with Gasteiger partial charge in [-0.1, -0.05) is 73.6 Å².